The van der Waals surface area contributed by atoms with Crippen LogP contribution in [0.15, 0.2) is 48.5 Å². The molecule has 0 radical (unpaired) electrons. The Kier molecular flexibility index (Phi) is 4.25. The number of benzene rings is 2. The minimum Gasteiger partial charge on any atom is -0.465 e. The SMILES string of the molecule is Cc1ccc2c(c1)N(C)C(=O)C(C)(C(=O)N(C)Cc1ccccc1)O2. The molecule has 130 valence electrons. The van der Waals surface area contributed by atoms with Crippen molar-refractivity contribution >= 4 is 17.5 Å². The summed E-state index contributed by atoms with van der Waals surface area (Å²) in [4.78, 5) is 28.9. The summed E-state index contributed by atoms with van der Waals surface area (Å²) >= 11 is 0. The van der Waals surface area contributed by atoms with Gasteiger partial charge in [0.15, 0.2) is 0 Å². The Hall–Kier alpha value is -2.82. The summed E-state index contributed by atoms with van der Waals surface area (Å²) in [6.45, 7) is 3.90. The van der Waals surface area contributed by atoms with Crippen LogP contribution in [0.5, 0.6) is 5.75 Å². The van der Waals surface area contributed by atoms with Gasteiger partial charge in [0.2, 0.25) is 0 Å². The highest BCUT2D eigenvalue weighted by molar-refractivity contribution is 6.16. The van der Waals surface area contributed by atoms with Gasteiger partial charge in [0.05, 0.1) is 5.69 Å². The van der Waals surface area contributed by atoms with Gasteiger partial charge in [-0.2, -0.15) is 0 Å². The Bertz CT molecular complexity index is 819. The molecule has 0 fully saturated rings. The predicted molar refractivity (Wildman–Crippen MR) is 96.5 cm³/mol. The van der Waals surface area contributed by atoms with Crippen LogP contribution in [0.3, 0.4) is 0 Å². The second-order valence-corrected chi connectivity index (χ2v) is 6.62. The molecule has 2 aromatic rings. The van der Waals surface area contributed by atoms with Crippen LogP contribution >= 0.6 is 0 Å². The molecule has 0 aliphatic carbocycles. The topological polar surface area (TPSA) is 49.9 Å². The first kappa shape index (κ1) is 17.0. The van der Waals surface area contributed by atoms with Crippen LogP contribution in [0, 0.1) is 6.92 Å². The summed E-state index contributed by atoms with van der Waals surface area (Å²) in [6.07, 6.45) is 0. The van der Waals surface area contributed by atoms with Crippen molar-refractivity contribution in [3.8, 4) is 5.75 Å². The summed E-state index contributed by atoms with van der Waals surface area (Å²) < 4.78 is 5.90. The van der Waals surface area contributed by atoms with E-state index >= 15 is 0 Å². The number of carbonyl (C=O) groups is 2. The third-order valence-corrected chi connectivity index (χ3v) is 4.52. The quantitative estimate of drug-likeness (QED) is 0.809. The Balaban J connectivity index is 1.88. The van der Waals surface area contributed by atoms with Gasteiger partial charge < -0.3 is 14.5 Å². The predicted octanol–water partition coefficient (Wildman–Crippen LogP) is 2.77. The van der Waals surface area contributed by atoms with E-state index in [0.29, 0.717) is 18.0 Å². The van der Waals surface area contributed by atoms with Gasteiger partial charge in [-0.25, -0.2) is 0 Å². The molecule has 25 heavy (non-hydrogen) atoms. The molecule has 2 aromatic carbocycles. The number of amides is 2. The number of fused-ring (bicyclic) bond motifs is 1. The van der Waals surface area contributed by atoms with Crippen molar-refractivity contribution in [3.05, 3.63) is 59.7 Å². The zero-order valence-corrected chi connectivity index (χ0v) is 14.9. The minimum absolute atomic E-state index is 0.362. The zero-order chi connectivity index (χ0) is 18.2. The highest BCUT2D eigenvalue weighted by Crippen LogP contribution is 2.38. The fourth-order valence-corrected chi connectivity index (χ4v) is 3.10. The Labute approximate surface area is 147 Å². The van der Waals surface area contributed by atoms with Gasteiger partial charge >= 0.3 is 0 Å². The monoisotopic (exact) mass is 338 g/mol. The maximum Gasteiger partial charge on any atom is 0.280 e. The number of hydrogen-bond acceptors (Lipinski definition) is 3. The van der Waals surface area contributed by atoms with Crippen molar-refractivity contribution < 1.29 is 14.3 Å². The Morgan fingerprint density at radius 3 is 2.56 bits per heavy atom. The third-order valence-electron chi connectivity index (χ3n) is 4.52. The maximum absolute atomic E-state index is 13.0. The second-order valence-electron chi connectivity index (χ2n) is 6.62. The standard InChI is InChI=1S/C20H22N2O3/c1-14-10-11-17-16(12-14)22(4)19(24)20(2,25-17)18(23)21(3)13-15-8-6-5-7-9-15/h5-12H,13H2,1-4H3. The maximum atomic E-state index is 13.0. The number of likely N-dealkylation sites (N-methyl/N-ethyl adjacent to an activating group) is 2. The molecule has 3 rings (SSSR count). The van der Waals surface area contributed by atoms with Gasteiger partial charge in [-0.3, -0.25) is 9.59 Å². The summed E-state index contributed by atoms with van der Waals surface area (Å²) in [5.41, 5.74) is 1.13. The molecule has 0 aromatic heterocycles. The number of aryl methyl sites for hydroxylation is 1. The lowest BCUT2D eigenvalue weighted by atomic mass is 9.99. The van der Waals surface area contributed by atoms with E-state index in [1.807, 2.05) is 49.4 Å². The average molecular weight is 338 g/mol. The van der Waals surface area contributed by atoms with Crippen LogP contribution in [0.1, 0.15) is 18.1 Å². The lowest BCUT2D eigenvalue weighted by Crippen LogP contribution is -2.61. The molecule has 2 amide bonds. The van der Waals surface area contributed by atoms with E-state index in [1.54, 1.807) is 27.1 Å². The number of carbonyl (C=O) groups excluding carboxylic acids is 2. The lowest BCUT2D eigenvalue weighted by Gasteiger charge is -2.39. The van der Waals surface area contributed by atoms with Gasteiger partial charge in [0.25, 0.3) is 17.4 Å². The lowest BCUT2D eigenvalue weighted by molar-refractivity contribution is -0.155. The van der Waals surface area contributed by atoms with Gasteiger partial charge in [0, 0.05) is 20.6 Å². The van der Waals surface area contributed by atoms with Crippen molar-refractivity contribution in [3.63, 3.8) is 0 Å². The number of ether oxygens (including phenoxy) is 1. The molecular formula is C20H22N2O3. The molecule has 5 nitrogen and oxygen atoms in total. The fraction of sp³-hybridized carbons (Fsp3) is 0.300. The molecule has 0 spiro atoms. The first-order valence-electron chi connectivity index (χ1n) is 8.20. The normalized spacial score (nSPS) is 19.2. The van der Waals surface area contributed by atoms with E-state index in [9.17, 15) is 9.59 Å². The molecule has 5 heteroatoms. The van der Waals surface area contributed by atoms with Crippen LogP contribution in [0.2, 0.25) is 0 Å². The van der Waals surface area contributed by atoms with Crippen molar-refractivity contribution in [1.29, 1.82) is 0 Å². The van der Waals surface area contributed by atoms with Crippen molar-refractivity contribution in [2.24, 2.45) is 0 Å². The highest BCUT2D eigenvalue weighted by atomic mass is 16.5. The van der Waals surface area contributed by atoms with Crippen LogP contribution in [-0.2, 0) is 16.1 Å². The Morgan fingerprint density at radius 1 is 1.20 bits per heavy atom. The van der Waals surface area contributed by atoms with E-state index in [4.69, 9.17) is 4.74 Å². The van der Waals surface area contributed by atoms with Crippen LogP contribution in [0.4, 0.5) is 5.69 Å². The number of anilines is 1. The molecule has 1 atom stereocenters. The van der Waals surface area contributed by atoms with Crippen molar-refractivity contribution in [1.82, 2.24) is 4.90 Å². The summed E-state index contributed by atoms with van der Waals surface area (Å²) in [7, 11) is 3.35. The van der Waals surface area contributed by atoms with E-state index in [0.717, 1.165) is 11.1 Å². The molecule has 1 aliphatic heterocycles. The van der Waals surface area contributed by atoms with Crippen molar-refractivity contribution in [2.75, 3.05) is 19.0 Å². The van der Waals surface area contributed by atoms with E-state index in [1.165, 1.54) is 9.80 Å². The molecule has 1 unspecified atom stereocenters. The van der Waals surface area contributed by atoms with Crippen LogP contribution < -0.4 is 9.64 Å². The van der Waals surface area contributed by atoms with Gasteiger partial charge in [0.1, 0.15) is 5.75 Å². The number of hydrogen-bond donors (Lipinski definition) is 0. The largest absolute Gasteiger partial charge is 0.465 e. The summed E-state index contributed by atoms with van der Waals surface area (Å²) in [6, 6.07) is 15.2. The van der Waals surface area contributed by atoms with Gasteiger partial charge in [-0.15, -0.1) is 0 Å². The molecule has 0 saturated heterocycles. The molecule has 0 N–H and O–H groups in total. The fourth-order valence-electron chi connectivity index (χ4n) is 3.10. The third kappa shape index (κ3) is 2.97. The first-order chi connectivity index (χ1) is 11.8. The summed E-state index contributed by atoms with van der Waals surface area (Å²) in [5.74, 6) is -0.188. The zero-order valence-electron chi connectivity index (χ0n) is 14.9. The molecule has 1 heterocycles. The first-order valence-corrected chi connectivity index (χ1v) is 8.20. The van der Waals surface area contributed by atoms with Crippen molar-refractivity contribution in [2.45, 2.75) is 26.0 Å². The molecule has 0 bridgehead atoms. The Morgan fingerprint density at radius 2 is 1.88 bits per heavy atom. The molecule has 0 saturated carbocycles. The number of nitrogens with zero attached hydrogens (tertiary/aromatic N) is 2. The van der Waals surface area contributed by atoms with Crippen LogP contribution in [-0.4, -0.2) is 36.4 Å². The minimum atomic E-state index is -1.57. The van der Waals surface area contributed by atoms with E-state index < -0.39 is 5.60 Å². The van der Waals surface area contributed by atoms with E-state index in [2.05, 4.69) is 0 Å². The van der Waals surface area contributed by atoms with Gasteiger partial charge in [-0.05, 0) is 37.1 Å². The van der Waals surface area contributed by atoms with Crippen LogP contribution in [0.25, 0.3) is 0 Å². The summed E-state index contributed by atoms with van der Waals surface area (Å²) in [5, 5.41) is 0. The highest BCUT2D eigenvalue weighted by Gasteiger charge is 2.50. The second kappa shape index (κ2) is 6.24. The van der Waals surface area contributed by atoms with E-state index in [-0.39, 0.29) is 11.8 Å². The smallest absolute Gasteiger partial charge is 0.280 e. The molecular weight excluding hydrogens is 316 g/mol. The molecule has 1 aliphatic rings. The average Bonchev–Trinajstić information content (AvgIpc) is 2.61. The van der Waals surface area contributed by atoms with Gasteiger partial charge in [-0.1, -0.05) is 36.4 Å². The number of rotatable bonds is 3.